The summed E-state index contributed by atoms with van der Waals surface area (Å²) in [5.74, 6) is -2.41. The van der Waals surface area contributed by atoms with Crippen molar-refractivity contribution in [3.63, 3.8) is 0 Å². The average Bonchev–Trinajstić information content (AvgIpc) is 2.28. The van der Waals surface area contributed by atoms with Gasteiger partial charge in [-0.05, 0) is 12.8 Å². The minimum atomic E-state index is -2.41. The fourth-order valence-electron chi connectivity index (χ4n) is 2.38. The van der Waals surface area contributed by atoms with Crippen molar-refractivity contribution in [2.75, 3.05) is 13.1 Å². The second kappa shape index (κ2) is 3.52. The molecule has 78 valence electrons. The summed E-state index contributed by atoms with van der Waals surface area (Å²) in [5.41, 5.74) is -0.108. The number of hydrogen-bond acceptors (Lipinski definition) is 1. The first kappa shape index (κ1) is 10.9. The summed E-state index contributed by atoms with van der Waals surface area (Å²) < 4.78 is 25.8. The van der Waals surface area contributed by atoms with Gasteiger partial charge in [-0.2, -0.15) is 0 Å². The first-order chi connectivity index (χ1) is 6.08. The molecule has 2 aliphatic rings. The van der Waals surface area contributed by atoms with Crippen LogP contribution in [0.5, 0.6) is 0 Å². The molecule has 2 saturated heterocycles. The van der Waals surface area contributed by atoms with Crippen molar-refractivity contribution >= 4 is 0 Å². The van der Waals surface area contributed by atoms with E-state index in [1.54, 1.807) is 0 Å². The molecule has 2 fully saturated rings. The Labute approximate surface area is 79.1 Å². The summed E-state index contributed by atoms with van der Waals surface area (Å²) in [6.45, 7) is 6.89. The van der Waals surface area contributed by atoms with Crippen molar-refractivity contribution in [1.82, 2.24) is 4.90 Å². The van der Waals surface area contributed by atoms with Gasteiger partial charge in [0.15, 0.2) is 0 Å². The Kier molecular flexibility index (Phi) is 2.95. The highest BCUT2D eigenvalue weighted by atomic mass is 19.3. The second-order valence-electron chi connectivity index (χ2n) is 3.78. The fourth-order valence-corrected chi connectivity index (χ4v) is 2.38. The smallest absolute Gasteiger partial charge is 0.262 e. The molecule has 0 saturated carbocycles. The van der Waals surface area contributed by atoms with Crippen molar-refractivity contribution in [3.8, 4) is 0 Å². The number of rotatable bonds is 1. The third-order valence-electron chi connectivity index (χ3n) is 3.19. The Hall–Kier alpha value is -0.180. The SMILES string of the molecule is CC.CCC12CCN1CC(F)(F)C2. The van der Waals surface area contributed by atoms with E-state index in [9.17, 15) is 8.78 Å². The van der Waals surface area contributed by atoms with Crippen LogP contribution in [0.2, 0.25) is 0 Å². The Morgan fingerprint density at radius 1 is 1.31 bits per heavy atom. The van der Waals surface area contributed by atoms with Crippen LogP contribution in [0.25, 0.3) is 0 Å². The van der Waals surface area contributed by atoms with Crippen LogP contribution in [0.1, 0.15) is 40.0 Å². The van der Waals surface area contributed by atoms with Gasteiger partial charge in [0, 0.05) is 18.5 Å². The van der Waals surface area contributed by atoms with E-state index in [1.165, 1.54) is 0 Å². The Balaban J connectivity index is 0.000000396. The van der Waals surface area contributed by atoms with Crippen LogP contribution in [0.4, 0.5) is 8.78 Å². The fraction of sp³-hybridized carbons (Fsp3) is 1.00. The standard InChI is InChI=1S/C8H13F2N.C2H6/c1-2-7-3-4-11(7)6-8(9,10)5-7;1-2/h2-6H2,1H3;1-2H3. The lowest BCUT2D eigenvalue weighted by Gasteiger charge is -2.47. The molecule has 2 aliphatic heterocycles. The summed E-state index contributed by atoms with van der Waals surface area (Å²) in [4.78, 5) is 1.94. The second-order valence-corrected chi connectivity index (χ2v) is 3.78. The molecule has 0 aromatic carbocycles. The molecule has 0 radical (unpaired) electrons. The van der Waals surface area contributed by atoms with E-state index in [0.717, 1.165) is 19.4 Å². The van der Waals surface area contributed by atoms with Crippen LogP contribution in [0, 0.1) is 0 Å². The zero-order valence-corrected chi connectivity index (χ0v) is 8.74. The molecule has 0 amide bonds. The minimum absolute atomic E-state index is 0.000833. The zero-order chi connectivity index (χ0) is 10.1. The summed E-state index contributed by atoms with van der Waals surface area (Å²) in [7, 11) is 0. The van der Waals surface area contributed by atoms with Gasteiger partial charge >= 0.3 is 0 Å². The van der Waals surface area contributed by atoms with E-state index in [1.807, 2.05) is 25.7 Å². The van der Waals surface area contributed by atoms with Gasteiger partial charge < -0.3 is 0 Å². The summed E-state index contributed by atoms with van der Waals surface area (Å²) >= 11 is 0. The molecule has 13 heavy (non-hydrogen) atoms. The zero-order valence-electron chi connectivity index (χ0n) is 8.74. The summed E-state index contributed by atoms with van der Waals surface area (Å²) in [6, 6.07) is 0. The summed E-state index contributed by atoms with van der Waals surface area (Å²) in [6.07, 6.45) is 1.94. The number of fused-ring (bicyclic) bond motifs is 1. The van der Waals surface area contributed by atoms with Crippen LogP contribution in [0.15, 0.2) is 0 Å². The molecule has 1 atom stereocenters. The molecule has 2 heterocycles. The molecule has 2 rings (SSSR count). The number of nitrogens with zero attached hydrogens (tertiary/aromatic N) is 1. The molecule has 0 bridgehead atoms. The van der Waals surface area contributed by atoms with Crippen LogP contribution >= 0.6 is 0 Å². The molecule has 3 heteroatoms. The third kappa shape index (κ3) is 1.71. The normalized spacial score (nSPS) is 35.8. The maximum Gasteiger partial charge on any atom is 0.262 e. The Bertz CT molecular complexity index is 178. The van der Waals surface area contributed by atoms with Crippen molar-refractivity contribution < 1.29 is 8.78 Å². The van der Waals surface area contributed by atoms with Crippen molar-refractivity contribution in [2.45, 2.75) is 51.5 Å². The van der Waals surface area contributed by atoms with E-state index in [-0.39, 0.29) is 18.5 Å². The number of alkyl halides is 2. The first-order valence-corrected chi connectivity index (χ1v) is 5.21. The average molecular weight is 191 g/mol. The van der Waals surface area contributed by atoms with Gasteiger partial charge in [0.05, 0.1) is 6.54 Å². The molecule has 1 unspecified atom stereocenters. The molecule has 0 aromatic rings. The van der Waals surface area contributed by atoms with Crippen LogP contribution in [0.3, 0.4) is 0 Å². The van der Waals surface area contributed by atoms with Crippen molar-refractivity contribution in [1.29, 1.82) is 0 Å². The van der Waals surface area contributed by atoms with E-state index in [4.69, 9.17) is 0 Å². The molecular weight excluding hydrogens is 172 g/mol. The predicted octanol–water partition coefficient (Wildman–Crippen LogP) is 2.91. The van der Waals surface area contributed by atoms with Crippen LogP contribution < -0.4 is 0 Å². The maximum atomic E-state index is 12.9. The molecule has 0 aliphatic carbocycles. The topological polar surface area (TPSA) is 3.24 Å². The quantitative estimate of drug-likeness (QED) is 0.616. The van der Waals surface area contributed by atoms with Crippen molar-refractivity contribution in [2.24, 2.45) is 0 Å². The predicted molar refractivity (Wildman–Crippen MR) is 50.1 cm³/mol. The molecule has 0 aromatic heterocycles. The van der Waals surface area contributed by atoms with Gasteiger partial charge in [0.1, 0.15) is 0 Å². The third-order valence-corrected chi connectivity index (χ3v) is 3.19. The van der Waals surface area contributed by atoms with Crippen LogP contribution in [-0.2, 0) is 0 Å². The summed E-state index contributed by atoms with van der Waals surface area (Å²) in [5, 5.41) is 0. The maximum absolute atomic E-state index is 12.9. The van der Waals surface area contributed by atoms with Crippen LogP contribution in [-0.4, -0.2) is 29.5 Å². The van der Waals surface area contributed by atoms with Gasteiger partial charge in [-0.3, -0.25) is 4.90 Å². The van der Waals surface area contributed by atoms with Gasteiger partial charge in [-0.15, -0.1) is 0 Å². The highest BCUT2D eigenvalue weighted by Crippen LogP contribution is 2.48. The highest BCUT2D eigenvalue weighted by Gasteiger charge is 2.58. The molecular formula is C10H19F2N. The first-order valence-electron chi connectivity index (χ1n) is 5.21. The number of hydrogen-bond donors (Lipinski definition) is 0. The van der Waals surface area contributed by atoms with Gasteiger partial charge in [-0.25, -0.2) is 8.78 Å². The molecule has 1 nitrogen and oxygen atoms in total. The Morgan fingerprint density at radius 3 is 2.15 bits per heavy atom. The molecule has 0 spiro atoms. The van der Waals surface area contributed by atoms with Gasteiger partial charge in [0.25, 0.3) is 5.92 Å². The van der Waals surface area contributed by atoms with E-state index >= 15 is 0 Å². The van der Waals surface area contributed by atoms with Crippen molar-refractivity contribution in [3.05, 3.63) is 0 Å². The lowest BCUT2D eigenvalue weighted by molar-refractivity contribution is 0.0123. The lowest BCUT2D eigenvalue weighted by atomic mass is 9.82. The van der Waals surface area contributed by atoms with Gasteiger partial charge in [0.2, 0.25) is 0 Å². The molecule has 0 N–H and O–H groups in total. The minimum Gasteiger partial charge on any atom is -0.291 e. The monoisotopic (exact) mass is 191 g/mol. The largest absolute Gasteiger partial charge is 0.291 e. The van der Waals surface area contributed by atoms with E-state index in [0.29, 0.717) is 0 Å². The highest BCUT2D eigenvalue weighted by molar-refractivity contribution is 5.08. The number of halogens is 2. The van der Waals surface area contributed by atoms with E-state index < -0.39 is 5.92 Å². The lowest BCUT2D eigenvalue weighted by Crippen LogP contribution is -2.54. The Morgan fingerprint density at radius 2 is 1.92 bits per heavy atom. The van der Waals surface area contributed by atoms with E-state index in [2.05, 4.69) is 0 Å². The van der Waals surface area contributed by atoms with Gasteiger partial charge in [-0.1, -0.05) is 20.8 Å².